The minimum atomic E-state index is -1.00. The zero-order valence-corrected chi connectivity index (χ0v) is 8.59. The van der Waals surface area contributed by atoms with Crippen LogP contribution in [0, 0.1) is 0 Å². The number of carbonyl (C=O) groups excluding carboxylic acids is 1. The van der Waals surface area contributed by atoms with Crippen molar-refractivity contribution in [2.45, 2.75) is 32.6 Å². The van der Waals surface area contributed by atoms with Crippen molar-refractivity contribution < 1.29 is 14.7 Å². The minimum Gasteiger partial charge on any atom is -0.478 e. The van der Waals surface area contributed by atoms with Crippen LogP contribution in [-0.4, -0.2) is 21.8 Å². The number of fused-ring (bicyclic) bond motifs is 1. The largest absolute Gasteiger partial charge is 0.478 e. The summed E-state index contributed by atoms with van der Waals surface area (Å²) in [5, 5.41) is 9.09. The van der Waals surface area contributed by atoms with Gasteiger partial charge in [0, 0.05) is 17.8 Å². The molecule has 0 saturated carbocycles. The number of aromatic nitrogens is 1. The van der Waals surface area contributed by atoms with Gasteiger partial charge in [-0.15, -0.1) is 0 Å². The molecule has 0 spiro atoms. The van der Waals surface area contributed by atoms with E-state index in [1.165, 1.54) is 0 Å². The molecule has 0 fully saturated rings. The van der Waals surface area contributed by atoms with Gasteiger partial charge in [-0.3, -0.25) is 4.79 Å². The first-order chi connectivity index (χ1) is 7.15. The van der Waals surface area contributed by atoms with Gasteiger partial charge in [0.25, 0.3) is 0 Å². The quantitative estimate of drug-likeness (QED) is 0.776. The van der Waals surface area contributed by atoms with Crippen LogP contribution in [0.3, 0.4) is 0 Å². The van der Waals surface area contributed by atoms with Crippen molar-refractivity contribution in [3.8, 4) is 0 Å². The molecule has 1 aliphatic carbocycles. The number of carboxylic acid groups (broad SMARTS) is 1. The number of Topliss-reactive ketones (excluding diaryl/α,β-unsaturated/α-hetero) is 1. The number of aromatic amines is 1. The summed E-state index contributed by atoms with van der Waals surface area (Å²) in [5.41, 5.74) is 2.09. The molecule has 1 aromatic heterocycles. The van der Waals surface area contributed by atoms with Gasteiger partial charge in [0.1, 0.15) is 0 Å². The van der Waals surface area contributed by atoms with E-state index in [1.54, 1.807) is 0 Å². The Morgan fingerprint density at radius 3 is 2.80 bits per heavy atom. The highest BCUT2D eigenvalue weighted by atomic mass is 16.4. The number of rotatable bonds is 2. The van der Waals surface area contributed by atoms with Crippen LogP contribution >= 0.6 is 0 Å². The van der Waals surface area contributed by atoms with E-state index in [-0.39, 0.29) is 11.3 Å². The van der Waals surface area contributed by atoms with Crippen LogP contribution in [0.4, 0.5) is 0 Å². The second-order valence-electron chi connectivity index (χ2n) is 3.77. The Bertz CT molecular complexity index is 421. The van der Waals surface area contributed by atoms with Crippen molar-refractivity contribution in [1.82, 2.24) is 4.98 Å². The molecule has 0 radical (unpaired) electrons. The lowest BCUT2D eigenvalue weighted by Gasteiger charge is -2.09. The molecule has 0 amide bonds. The number of H-pyrrole nitrogens is 1. The van der Waals surface area contributed by atoms with E-state index >= 15 is 0 Å². The maximum absolute atomic E-state index is 11.7. The summed E-state index contributed by atoms with van der Waals surface area (Å²) in [6, 6.07) is 0. The summed E-state index contributed by atoms with van der Waals surface area (Å²) in [6.45, 7) is 1.88. The SMILES string of the molecule is CCc1[nH]c2c(c1C(=O)O)C(=O)CCC2. The third-order valence-electron chi connectivity index (χ3n) is 2.83. The fraction of sp³-hybridized carbons (Fsp3) is 0.455. The van der Waals surface area contributed by atoms with Gasteiger partial charge in [0.05, 0.1) is 11.1 Å². The summed E-state index contributed by atoms with van der Waals surface area (Å²) >= 11 is 0. The van der Waals surface area contributed by atoms with Crippen molar-refractivity contribution >= 4 is 11.8 Å². The maximum atomic E-state index is 11.7. The third-order valence-corrected chi connectivity index (χ3v) is 2.83. The number of nitrogens with one attached hydrogen (secondary N) is 1. The second-order valence-corrected chi connectivity index (χ2v) is 3.77. The zero-order valence-electron chi connectivity index (χ0n) is 8.59. The Morgan fingerprint density at radius 2 is 2.20 bits per heavy atom. The number of hydrogen-bond donors (Lipinski definition) is 2. The molecule has 0 aliphatic heterocycles. The van der Waals surface area contributed by atoms with Crippen LogP contribution in [0.15, 0.2) is 0 Å². The van der Waals surface area contributed by atoms with Gasteiger partial charge in [-0.25, -0.2) is 4.79 Å². The monoisotopic (exact) mass is 207 g/mol. The molecule has 1 aromatic rings. The first-order valence-corrected chi connectivity index (χ1v) is 5.15. The number of ketones is 1. The van der Waals surface area contributed by atoms with Crippen molar-refractivity contribution in [3.63, 3.8) is 0 Å². The van der Waals surface area contributed by atoms with Gasteiger partial charge in [-0.2, -0.15) is 0 Å². The van der Waals surface area contributed by atoms with Crippen molar-refractivity contribution in [3.05, 3.63) is 22.5 Å². The highest BCUT2D eigenvalue weighted by Gasteiger charge is 2.28. The highest BCUT2D eigenvalue weighted by molar-refractivity contribution is 6.08. The molecule has 0 atom stereocenters. The number of hydrogen-bond acceptors (Lipinski definition) is 2. The molecule has 1 aliphatic rings. The van der Waals surface area contributed by atoms with Gasteiger partial charge in [0.2, 0.25) is 0 Å². The van der Waals surface area contributed by atoms with Crippen molar-refractivity contribution in [1.29, 1.82) is 0 Å². The summed E-state index contributed by atoms with van der Waals surface area (Å²) < 4.78 is 0. The minimum absolute atomic E-state index is 0.0374. The Morgan fingerprint density at radius 1 is 1.47 bits per heavy atom. The van der Waals surface area contributed by atoms with Crippen LogP contribution in [0.1, 0.15) is 51.9 Å². The molecular formula is C11H13NO3. The van der Waals surface area contributed by atoms with Crippen LogP contribution in [0.2, 0.25) is 0 Å². The predicted molar refractivity (Wildman–Crippen MR) is 54.4 cm³/mol. The lowest BCUT2D eigenvalue weighted by molar-refractivity contribution is 0.0690. The smallest absolute Gasteiger partial charge is 0.338 e. The molecular weight excluding hydrogens is 194 g/mol. The van der Waals surface area contributed by atoms with Gasteiger partial charge < -0.3 is 10.1 Å². The Kier molecular flexibility index (Phi) is 2.34. The normalized spacial score (nSPS) is 15.1. The molecule has 80 valence electrons. The lowest BCUT2D eigenvalue weighted by Crippen LogP contribution is -2.13. The van der Waals surface area contributed by atoms with E-state index in [9.17, 15) is 9.59 Å². The standard InChI is InChI=1S/C11H13NO3/c1-2-6-10(11(14)15)9-7(12-6)4-3-5-8(9)13/h12H,2-5H2,1H3,(H,14,15). The fourth-order valence-electron chi connectivity index (χ4n) is 2.16. The fourth-order valence-corrected chi connectivity index (χ4v) is 2.16. The van der Waals surface area contributed by atoms with E-state index in [4.69, 9.17) is 5.11 Å². The number of aromatic carboxylic acids is 1. The molecule has 2 N–H and O–H groups in total. The molecule has 4 heteroatoms. The molecule has 0 aromatic carbocycles. The van der Waals surface area contributed by atoms with E-state index < -0.39 is 5.97 Å². The van der Waals surface area contributed by atoms with Gasteiger partial charge in [-0.05, 0) is 19.3 Å². The molecule has 0 saturated heterocycles. The molecule has 0 bridgehead atoms. The van der Waals surface area contributed by atoms with Crippen molar-refractivity contribution in [2.75, 3.05) is 0 Å². The highest BCUT2D eigenvalue weighted by Crippen LogP contribution is 2.27. The molecule has 0 unspecified atom stereocenters. The summed E-state index contributed by atoms with van der Waals surface area (Å²) in [4.78, 5) is 25.8. The summed E-state index contributed by atoms with van der Waals surface area (Å²) in [5.74, 6) is -1.04. The van der Waals surface area contributed by atoms with E-state index in [1.807, 2.05) is 6.92 Å². The van der Waals surface area contributed by atoms with Gasteiger partial charge >= 0.3 is 5.97 Å². The van der Waals surface area contributed by atoms with Crippen LogP contribution in [0.5, 0.6) is 0 Å². The number of carboxylic acids is 1. The van der Waals surface area contributed by atoms with Crippen molar-refractivity contribution in [2.24, 2.45) is 0 Å². The summed E-state index contributed by atoms with van der Waals surface area (Å²) in [6.07, 6.45) is 2.67. The number of aryl methyl sites for hydroxylation is 2. The molecule has 2 rings (SSSR count). The van der Waals surface area contributed by atoms with Crippen LogP contribution < -0.4 is 0 Å². The van der Waals surface area contributed by atoms with E-state index in [2.05, 4.69) is 4.98 Å². The second kappa shape index (κ2) is 3.53. The predicted octanol–water partition coefficient (Wildman–Crippen LogP) is 1.79. The first kappa shape index (κ1) is 9.96. The third kappa shape index (κ3) is 1.46. The van der Waals surface area contributed by atoms with E-state index in [0.29, 0.717) is 24.1 Å². The average molecular weight is 207 g/mol. The average Bonchev–Trinajstić information content (AvgIpc) is 2.57. The van der Waals surface area contributed by atoms with Crippen LogP contribution in [-0.2, 0) is 12.8 Å². The molecule has 1 heterocycles. The topological polar surface area (TPSA) is 70.2 Å². The Hall–Kier alpha value is -1.58. The van der Waals surface area contributed by atoms with Crippen LogP contribution in [0.25, 0.3) is 0 Å². The Labute approximate surface area is 87.3 Å². The Balaban J connectivity index is 2.64. The summed E-state index contributed by atoms with van der Waals surface area (Å²) in [7, 11) is 0. The number of carbonyl (C=O) groups is 2. The lowest BCUT2D eigenvalue weighted by atomic mass is 9.93. The maximum Gasteiger partial charge on any atom is 0.338 e. The first-order valence-electron chi connectivity index (χ1n) is 5.15. The molecule has 15 heavy (non-hydrogen) atoms. The van der Waals surface area contributed by atoms with Gasteiger partial charge in [-0.1, -0.05) is 6.92 Å². The molecule has 4 nitrogen and oxygen atoms in total. The van der Waals surface area contributed by atoms with E-state index in [0.717, 1.165) is 18.5 Å². The van der Waals surface area contributed by atoms with Gasteiger partial charge in [0.15, 0.2) is 5.78 Å². The zero-order chi connectivity index (χ0) is 11.0.